The Kier molecular flexibility index (Phi) is 6.11. The van der Waals surface area contributed by atoms with Crippen LogP contribution in [0.1, 0.15) is 43.7 Å². The van der Waals surface area contributed by atoms with Crippen LogP contribution in [0, 0.1) is 0 Å². The fourth-order valence-corrected chi connectivity index (χ4v) is 5.68. The first-order valence-electron chi connectivity index (χ1n) is 10.6. The topological polar surface area (TPSA) is 57.6 Å². The van der Waals surface area contributed by atoms with Crippen molar-refractivity contribution in [2.24, 2.45) is 0 Å². The second-order valence-corrected chi connectivity index (χ2v) is 8.99. The maximum absolute atomic E-state index is 12.6. The van der Waals surface area contributed by atoms with Crippen molar-refractivity contribution in [3.63, 3.8) is 0 Å². The summed E-state index contributed by atoms with van der Waals surface area (Å²) in [6, 6.07) is 19.0. The van der Waals surface area contributed by atoms with E-state index in [4.69, 9.17) is 0 Å². The Morgan fingerprint density at radius 3 is 2.17 bits per heavy atom. The van der Waals surface area contributed by atoms with Crippen LogP contribution in [-0.2, 0) is 5.60 Å². The van der Waals surface area contributed by atoms with Crippen LogP contribution >= 0.6 is 11.8 Å². The lowest BCUT2D eigenvalue weighted by molar-refractivity contribution is 0.0528. The van der Waals surface area contributed by atoms with Gasteiger partial charge in [0.2, 0.25) is 5.43 Å². The molecule has 0 saturated carbocycles. The monoisotopic (exact) mass is 421 g/mol. The molecule has 30 heavy (non-hydrogen) atoms. The van der Waals surface area contributed by atoms with Crippen LogP contribution in [0.4, 0.5) is 5.69 Å². The highest BCUT2D eigenvalue weighted by Gasteiger charge is 2.47. The Hall–Kier alpha value is -2.37. The average molecular weight is 422 g/mol. The van der Waals surface area contributed by atoms with Crippen LogP contribution in [0.25, 0.3) is 0 Å². The van der Waals surface area contributed by atoms with E-state index in [-0.39, 0.29) is 11.5 Å². The Morgan fingerprint density at radius 2 is 1.60 bits per heavy atom. The summed E-state index contributed by atoms with van der Waals surface area (Å²) in [6.45, 7) is 2.78. The van der Waals surface area contributed by atoms with Crippen molar-refractivity contribution in [3.05, 3.63) is 92.2 Å². The summed E-state index contributed by atoms with van der Waals surface area (Å²) in [5.74, 6) is 0.828. The number of aliphatic hydroxyl groups is 1. The van der Waals surface area contributed by atoms with E-state index in [0.717, 1.165) is 42.6 Å². The molecule has 1 saturated heterocycles. The number of hydrogen-bond acceptors (Lipinski definition) is 5. The highest BCUT2D eigenvalue weighted by molar-refractivity contribution is 7.99. The molecule has 1 aliphatic rings. The number of hydrogen-bond donors (Lipinski definition) is 1. The summed E-state index contributed by atoms with van der Waals surface area (Å²) in [7, 11) is 0. The van der Waals surface area contributed by atoms with E-state index in [2.05, 4.69) is 6.92 Å². The summed E-state index contributed by atoms with van der Waals surface area (Å²) in [4.78, 5) is 27.5. The van der Waals surface area contributed by atoms with Crippen molar-refractivity contribution in [1.82, 2.24) is 0 Å². The maximum atomic E-state index is 12.6. The second-order valence-electron chi connectivity index (χ2n) is 7.89. The Morgan fingerprint density at radius 1 is 1.00 bits per heavy atom. The van der Waals surface area contributed by atoms with Crippen molar-refractivity contribution in [3.8, 4) is 0 Å². The van der Waals surface area contributed by atoms with Crippen LogP contribution in [0.15, 0.2) is 75.1 Å². The number of nitrogens with zero attached hydrogens (tertiary/aromatic N) is 1. The van der Waals surface area contributed by atoms with Crippen molar-refractivity contribution >= 4 is 17.4 Å². The van der Waals surface area contributed by atoms with Crippen LogP contribution < -0.4 is 15.8 Å². The van der Waals surface area contributed by atoms with Gasteiger partial charge in [0.25, 0.3) is 5.43 Å². The van der Waals surface area contributed by atoms with Gasteiger partial charge in [-0.05, 0) is 36.1 Å². The zero-order valence-electron chi connectivity index (χ0n) is 17.2. The summed E-state index contributed by atoms with van der Waals surface area (Å²) in [5, 5.41) is 12.2. The molecule has 0 radical (unpaired) electrons. The Bertz CT molecular complexity index is 1020. The van der Waals surface area contributed by atoms with Gasteiger partial charge in [0, 0.05) is 6.54 Å². The molecule has 3 aromatic carbocycles. The minimum atomic E-state index is -1.27. The minimum absolute atomic E-state index is 0.309. The molecular formula is C25H27NO3S. The highest BCUT2D eigenvalue weighted by Crippen LogP contribution is 2.43. The van der Waals surface area contributed by atoms with Gasteiger partial charge in [-0.15, -0.1) is 11.8 Å². The molecule has 1 fully saturated rings. The van der Waals surface area contributed by atoms with Gasteiger partial charge in [-0.25, -0.2) is 0 Å². The van der Waals surface area contributed by atoms with Gasteiger partial charge >= 0.3 is 0 Å². The van der Waals surface area contributed by atoms with E-state index >= 15 is 0 Å². The molecule has 3 aromatic rings. The lowest BCUT2D eigenvalue weighted by Gasteiger charge is -2.41. The largest absolute Gasteiger partial charge is 0.378 e. The van der Waals surface area contributed by atoms with E-state index < -0.39 is 11.0 Å². The second kappa shape index (κ2) is 8.78. The summed E-state index contributed by atoms with van der Waals surface area (Å²) in [5.41, 5.74) is 0.0429. The molecule has 1 aliphatic heterocycles. The molecule has 156 valence electrons. The SMILES string of the molecule is CCCCSc1c(N2CCC[C@H]2C(O)(c2ccccc2)c2ccccc2)c(=O)c1=O. The molecule has 1 heterocycles. The number of anilines is 1. The van der Waals surface area contributed by atoms with Gasteiger partial charge in [-0.3, -0.25) is 9.59 Å². The normalized spacial score (nSPS) is 17.0. The fraction of sp³-hybridized carbons (Fsp3) is 0.360. The molecule has 1 atom stereocenters. The first-order valence-corrected chi connectivity index (χ1v) is 11.6. The zero-order chi connectivity index (χ0) is 21.1. The van der Waals surface area contributed by atoms with Crippen LogP contribution in [0.3, 0.4) is 0 Å². The molecule has 0 unspecified atom stereocenters. The molecule has 4 rings (SSSR count). The molecule has 4 nitrogen and oxygen atoms in total. The lowest BCUT2D eigenvalue weighted by atomic mass is 9.79. The van der Waals surface area contributed by atoms with Gasteiger partial charge in [0.15, 0.2) is 0 Å². The van der Waals surface area contributed by atoms with Crippen LogP contribution in [0.5, 0.6) is 0 Å². The zero-order valence-corrected chi connectivity index (χ0v) is 18.0. The van der Waals surface area contributed by atoms with Crippen molar-refractivity contribution in [2.75, 3.05) is 17.2 Å². The fourth-order valence-electron chi connectivity index (χ4n) is 4.48. The molecular weight excluding hydrogens is 394 g/mol. The summed E-state index contributed by atoms with van der Waals surface area (Å²) in [6.07, 6.45) is 3.67. The highest BCUT2D eigenvalue weighted by atomic mass is 32.2. The lowest BCUT2D eigenvalue weighted by Crippen LogP contribution is -2.52. The van der Waals surface area contributed by atoms with E-state index in [1.807, 2.05) is 65.6 Å². The molecule has 0 aliphatic carbocycles. The maximum Gasteiger partial charge on any atom is 0.251 e. The van der Waals surface area contributed by atoms with Gasteiger partial charge in [-0.2, -0.15) is 0 Å². The first kappa shape index (κ1) is 20.9. The Balaban J connectivity index is 1.77. The molecule has 0 bridgehead atoms. The van der Waals surface area contributed by atoms with Crippen LogP contribution in [-0.4, -0.2) is 23.4 Å². The molecule has 0 amide bonds. The van der Waals surface area contributed by atoms with Crippen molar-refractivity contribution < 1.29 is 5.11 Å². The van der Waals surface area contributed by atoms with E-state index in [0.29, 0.717) is 17.1 Å². The van der Waals surface area contributed by atoms with Crippen molar-refractivity contribution in [1.29, 1.82) is 0 Å². The minimum Gasteiger partial charge on any atom is -0.378 e. The molecule has 0 aromatic heterocycles. The third-order valence-electron chi connectivity index (χ3n) is 6.04. The van der Waals surface area contributed by atoms with E-state index in [1.165, 1.54) is 11.8 Å². The predicted octanol–water partition coefficient (Wildman–Crippen LogP) is 4.08. The quantitative estimate of drug-likeness (QED) is 0.337. The molecule has 0 spiro atoms. The van der Waals surface area contributed by atoms with Crippen LogP contribution in [0.2, 0.25) is 0 Å². The summed E-state index contributed by atoms with van der Waals surface area (Å²) >= 11 is 1.48. The number of thioether (sulfide) groups is 1. The standard InChI is InChI=1S/C25H27NO3S/c1-2-3-17-30-24-21(22(27)23(24)28)26-16-10-15-20(26)25(29,18-11-6-4-7-12-18)19-13-8-5-9-14-19/h4-9,11-14,20,29H,2-3,10,15-17H2,1H3/t20-/m0/s1. The summed E-state index contributed by atoms with van der Waals surface area (Å²) < 4.78 is 0. The van der Waals surface area contributed by atoms with E-state index in [1.54, 1.807) is 0 Å². The van der Waals surface area contributed by atoms with E-state index in [9.17, 15) is 14.7 Å². The average Bonchev–Trinajstić information content (AvgIpc) is 3.28. The third kappa shape index (κ3) is 3.50. The molecule has 5 heteroatoms. The number of rotatable bonds is 8. The van der Waals surface area contributed by atoms with Crippen molar-refractivity contribution in [2.45, 2.75) is 49.1 Å². The molecule has 1 N–H and O–H groups in total. The van der Waals surface area contributed by atoms with Gasteiger partial charge in [0.05, 0.1) is 10.9 Å². The predicted molar refractivity (Wildman–Crippen MR) is 123 cm³/mol. The van der Waals surface area contributed by atoms with Gasteiger partial charge in [0.1, 0.15) is 11.3 Å². The number of benzene rings is 2. The van der Waals surface area contributed by atoms with Gasteiger partial charge in [-0.1, -0.05) is 74.0 Å². The Labute approximate surface area is 181 Å². The number of unbranched alkanes of at least 4 members (excludes halogenated alkanes) is 1. The smallest absolute Gasteiger partial charge is 0.251 e. The first-order chi connectivity index (χ1) is 14.6. The third-order valence-corrected chi connectivity index (χ3v) is 7.20. The van der Waals surface area contributed by atoms with Gasteiger partial charge < -0.3 is 10.0 Å².